The topological polar surface area (TPSA) is 113 Å². The number of nitrogens with zero attached hydrogens (tertiary/aromatic N) is 3. The molecule has 1 aliphatic heterocycles. The van der Waals surface area contributed by atoms with E-state index in [-0.39, 0.29) is 34.0 Å². The summed E-state index contributed by atoms with van der Waals surface area (Å²) in [7, 11) is 0. The molecule has 0 fully saturated rings. The first-order valence-electron chi connectivity index (χ1n) is 9.59. The van der Waals surface area contributed by atoms with E-state index < -0.39 is 16.7 Å². The van der Waals surface area contributed by atoms with Gasteiger partial charge in [-0.05, 0) is 36.1 Å². The molecule has 158 valence electrons. The van der Waals surface area contributed by atoms with E-state index >= 15 is 0 Å². The number of carbonyl (C=O) groups is 1. The number of thiophene rings is 1. The summed E-state index contributed by atoms with van der Waals surface area (Å²) in [5.74, 6) is -1.30. The third-order valence-electron chi connectivity index (χ3n) is 5.52. The maximum Gasteiger partial charge on any atom is 0.324 e. The average molecular weight is 438 g/mol. The summed E-state index contributed by atoms with van der Waals surface area (Å²) in [6.07, 6.45) is 0.749. The fraction of sp³-hybridized carbons (Fsp3) is 0.273. The lowest BCUT2D eigenvalue weighted by Gasteiger charge is -2.43. The van der Waals surface area contributed by atoms with Gasteiger partial charge in [0.2, 0.25) is 0 Å². The van der Waals surface area contributed by atoms with Gasteiger partial charge in [-0.1, -0.05) is 31.3 Å². The van der Waals surface area contributed by atoms with Gasteiger partial charge < -0.3 is 5.73 Å². The van der Waals surface area contributed by atoms with Crippen LogP contribution in [-0.4, -0.2) is 10.7 Å². The second kappa shape index (κ2) is 7.32. The van der Waals surface area contributed by atoms with Crippen LogP contribution in [0.1, 0.15) is 37.5 Å². The number of nitro groups is 1. The molecule has 2 aromatic rings. The summed E-state index contributed by atoms with van der Waals surface area (Å²) >= 11 is 0.921. The normalized spacial score (nSPS) is 20.5. The van der Waals surface area contributed by atoms with Gasteiger partial charge in [0.1, 0.15) is 11.6 Å². The lowest BCUT2D eigenvalue weighted by Crippen LogP contribution is -2.42. The Morgan fingerprint density at radius 1 is 1.32 bits per heavy atom. The number of rotatable bonds is 3. The van der Waals surface area contributed by atoms with E-state index in [1.54, 1.807) is 17.0 Å². The molecule has 1 aliphatic carbocycles. The molecule has 0 amide bonds. The van der Waals surface area contributed by atoms with Crippen LogP contribution in [0.25, 0.3) is 0 Å². The molecule has 2 N–H and O–H groups in total. The first-order valence-corrected chi connectivity index (χ1v) is 10.4. The van der Waals surface area contributed by atoms with Crippen molar-refractivity contribution in [3.05, 3.63) is 79.9 Å². The van der Waals surface area contributed by atoms with Crippen LogP contribution in [0.4, 0.5) is 15.1 Å². The molecular formula is C22H19FN4O3S. The van der Waals surface area contributed by atoms with Crippen molar-refractivity contribution in [1.29, 1.82) is 5.26 Å². The number of anilines is 1. The number of ketones is 1. The van der Waals surface area contributed by atoms with Crippen LogP contribution >= 0.6 is 11.3 Å². The number of benzene rings is 1. The number of hydrogen-bond acceptors (Lipinski definition) is 7. The van der Waals surface area contributed by atoms with Crippen molar-refractivity contribution in [2.45, 2.75) is 32.6 Å². The minimum absolute atomic E-state index is 0.0795. The van der Waals surface area contributed by atoms with Crippen molar-refractivity contribution in [1.82, 2.24) is 0 Å². The van der Waals surface area contributed by atoms with E-state index in [9.17, 15) is 24.6 Å². The first-order chi connectivity index (χ1) is 14.6. The second-order valence-electron chi connectivity index (χ2n) is 8.39. The molecule has 1 atom stereocenters. The molecule has 0 saturated heterocycles. The predicted octanol–water partition coefficient (Wildman–Crippen LogP) is 4.74. The number of allylic oxidation sites excluding steroid dienone is 3. The fourth-order valence-corrected chi connectivity index (χ4v) is 5.24. The minimum Gasteiger partial charge on any atom is -0.384 e. The predicted molar refractivity (Wildman–Crippen MR) is 114 cm³/mol. The third-order valence-corrected chi connectivity index (χ3v) is 6.63. The Kier molecular flexibility index (Phi) is 4.90. The summed E-state index contributed by atoms with van der Waals surface area (Å²) in [6, 6.07) is 10.8. The smallest absolute Gasteiger partial charge is 0.324 e. The number of nitriles is 1. The lowest BCUT2D eigenvalue weighted by atomic mass is 9.69. The van der Waals surface area contributed by atoms with E-state index in [1.807, 2.05) is 13.8 Å². The number of halogens is 1. The summed E-state index contributed by atoms with van der Waals surface area (Å²) in [4.78, 5) is 26.1. The van der Waals surface area contributed by atoms with Gasteiger partial charge in [0.25, 0.3) is 0 Å². The van der Waals surface area contributed by atoms with E-state index in [2.05, 4.69) is 6.07 Å². The van der Waals surface area contributed by atoms with Gasteiger partial charge in [-0.3, -0.25) is 19.8 Å². The van der Waals surface area contributed by atoms with Crippen molar-refractivity contribution in [3.8, 4) is 6.07 Å². The highest BCUT2D eigenvalue weighted by molar-refractivity contribution is 7.15. The standard InChI is InChI=1S/C22H19FN4O3S/c1-22(2)9-15-20(16(28)10-22)19(17-6-7-18(31-17)27(29)30)14(11-24)21(25)26(15)13-5-3-4-12(23)8-13/h3-8,19H,9-10,25H2,1-2H3/t19-/m1/s1. The van der Waals surface area contributed by atoms with Gasteiger partial charge in [-0.2, -0.15) is 5.26 Å². The Hall–Kier alpha value is -3.51. The van der Waals surface area contributed by atoms with Crippen molar-refractivity contribution in [2.75, 3.05) is 4.90 Å². The number of carbonyl (C=O) groups excluding carboxylic acids is 1. The highest BCUT2D eigenvalue weighted by atomic mass is 32.1. The van der Waals surface area contributed by atoms with Crippen LogP contribution in [0.5, 0.6) is 0 Å². The number of hydrogen-bond donors (Lipinski definition) is 1. The van der Waals surface area contributed by atoms with E-state index in [0.717, 1.165) is 11.3 Å². The van der Waals surface area contributed by atoms with Crippen LogP contribution in [0.2, 0.25) is 0 Å². The van der Waals surface area contributed by atoms with E-state index in [0.29, 0.717) is 28.3 Å². The summed E-state index contributed by atoms with van der Waals surface area (Å²) in [5.41, 5.74) is 7.60. The van der Waals surface area contributed by atoms with Crippen LogP contribution in [0, 0.1) is 32.7 Å². The second-order valence-corrected chi connectivity index (χ2v) is 9.49. The van der Waals surface area contributed by atoms with Gasteiger partial charge in [0.05, 0.1) is 28.2 Å². The Balaban J connectivity index is 1.99. The Bertz CT molecular complexity index is 1220. The zero-order valence-corrected chi connectivity index (χ0v) is 17.7. The molecule has 0 spiro atoms. The Morgan fingerprint density at radius 3 is 2.68 bits per heavy atom. The maximum atomic E-state index is 14.0. The Labute approximate surface area is 182 Å². The summed E-state index contributed by atoms with van der Waals surface area (Å²) < 4.78 is 14.0. The zero-order valence-electron chi connectivity index (χ0n) is 16.9. The van der Waals surface area contributed by atoms with Crippen molar-refractivity contribution in [3.63, 3.8) is 0 Å². The van der Waals surface area contributed by atoms with Gasteiger partial charge in [0.15, 0.2) is 5.78 Å². The molecule has 4 rings (SSSR count). The summed E-state index contributed by atoms with van der Waals surface area (Å²) in [6.45, 7) is 3.92. The largest absolute Gasteiger partial charge is 0.384 e. The molecule has 9 heteroatoms. The lowest BCUT2D eigenvalue weighted by molar-refractivity contribution is -0.380. The Morgan fingerprint density at radius 2 is 2.06 bits per heavy atom. The van der Waals surface area contributed by atoms with Crippen molar-refractivity contribution >= 4 is 27.8 Å². The zero-order chi connectivity index (χ0) is 22.5. The maximum absolute atomic E-state index is 14.0. The highest BCUT2D eigenvalue weighted by Crippen LogP contribution is 2.51. The highest BCUT2D eigenvalue weighted by Gasteiger charge is 2.45. The minimum atomic E-state index is -0.785. The van der Waals surface area contributed by atoms with Crippen molar-refractivity contribution in [2.24, 2.45) is 11.1 Å². The molecule has 0 saturated carbocycles. The van der Waals surface area contributed by atoms with Gasteiger partial charge in [-0.25, -0.2) is 4.39 Å². The van der Waals surface area contributed by atoms with Gasteiger partial charge in [-0.15, -0.1) is 0 Å². The molecule has 0 radical (unpaired) electrons. The van der Waals surface area contributed by atoms with Crippen LogP contribution in [-0.2, 0) is 4.79 Å². The molecule has 1 aromatic heterocycles. The molecule has 7 nitrogen and oxygen atoms in total. The van der Waals surface area contributed by atoms with E-state index in [4.69, 9.17) is 5.73 Å². The molecule has 0 bridgehead atoms. The van der Waals surface area contributed by atoms with Gasteiger partial charge in [0, 0.05) is 28.6 Å². The average Bonchev–Trinajstić information content (AvgIpc) is 3.16. The molecule has 2 heterocycles. The van der Waals surface area contributed by atoms with Crippen LogP contribution < -0.4 is 10.6 Å². The number of Topliss-reactive ketones (excluding diaryl/α,β-unsaturated/α-hetero) is 1. The molecule has 1 aromatic carbocycles. The fourth-order valence-electron chi connectivity index (χ4n) is 4.30. The quantitative estimate of drug-likeness (QED) is 0.547. The van der Waals surface area contributed by atoms with Crippen molar-refractivity contribution < 1.29 is 14.1 Å². The molecule has 31 heavy (non-hydrogen) atoms. The molecule has 2 aliphatic rings. The first kappa shape index (κ1) is 20.8. The molecular weight excluding hydrogens is 419 g/mol. The molecule has 0 unspecified atom stereocenters. The third kappa shape index (κ3) is 3.49. The van der Waals surface area contributed by atoms with Crippen LogP contribution in [0.3, 0.4) is 0 Å². The SMILES string of the molecule is CC1(C)CC(=O)C2=C(C1)N(c1cccc(F)c1)C(N)=C(C#N)[C@@H]2c1ccc([N+](=O)[O-])s1. The van der Waals surface area contributed by atoms with Crippen LogP contribution in [0.15, 0.2) is 59.1 Å². The number of nitrogens with two attached hydrogens (primary N) is 1. The monoisotopic (exact) mass is 438 g/mol. The van der Waals surface area contributed by atoms with Gasteiger partial charge >= 0.3 is 5.00 Å². The summed E-state index contributed by atoms with van der Waals surface area (Å²) in [5, 5.41) is 21.1. The van der Waals surface area contributed by atoms with E-state index in [1.165, 1.54) is 24.3 Å².